The van der Waals surface area contributed by atoms with Crippen LogP contribution in [0.3, 0.4) is 0 Å². The van der Waals surface area contributed by atoms with Crippen molar-refractivity contribution in [3.63, 3.8) is 0 Å². The Labute approximate surface area is 146 Å². The van der Waals surface area contributed by atoms with Crippen LogP contribution in [0, 0.1) is 5.92 Å². The number of imide groups is 1. The number of fused-ring (bicyclic) bond motifs is 1. The van der Waals surface area contributed by atoms with E-state index in [1.807, 2.05) is 0 Å². The minimum Gasteiger partial charge on any atom is -0.481 e. The van der Waals surface area contributed by atoms with Crippen LogP contribution in [0.2, 0.25) is 0 Å². The summed E-state index contributed by atoms with van der Waals surface area (Å²) in [6.45, 7) is -0.410. The molecule has 2 aliphatic rings. The van der Waals surface area contributed by atoms with Gasteiger partial charge in [-0.1, -0.05) is 22.4 Å². The number of carbonyl (C=O) groups is 4. The van der Waals surface area contributed by atoms with Crippen LogP contribution in [0.15, 0.2) is 22.7 Å². The number of aliphatic carboxylic acids is 1. The molecule has 1 saturated carbocycles. The summed E-state index contributed by atoms with van der Waals surface area (Å²) >= 11 is 3.24. The van der Waals surface area contributed by atoms with E-state index >= 15 is 0 Å². The third-order valence-electron chi connectivity index (χ3n) is 4.41. The molecule has 1 aliphatic carbocycles. The van der Waals surface area contributed by atoms with Crippen molar-refractivity contribution in [2.45, 2.75) is 25.3 Å². The van der Waals surface area contributed by atoms with Gasteiger partial charge in [-0.2, -0.15) is 0 Å². The third-order valence-corrected chi connectivity index (χ3v) is 4.91. The maximum Gasteiger partial charge on any atom is 0.308 e. The van der Waals surface area contributed by atoms with Crippen LogP contribution in [-0.2, 0) is 9.59 Å². The second-order valence-corrected chi connectivity index (χ2v) is 6.85. The Kier molecular flexibility index (Phi) is 4.40. The van der Waals surface area contributed by atoms with Crippen LogP contribution in [0.25, 0.3) is 0 Å². The molecule has 1 aliphatic heterocycles. The summed E-state index contributed by atoms with van der Waals surface area (Å²) in [6, 6.07) is 4.28. The van der Waals surface area contributed by atoms with Gasteiger partial charge in [0.1, 0.15) is 6.54 Å². The van der Waals surface area contributed by atoms with Crippen LogP contribution in [0.1, 0.15) is 40.0 Å². The highest BCUT2D eigenvalue weighted by Crippen LogP contribution is 2.27. The van der Waals surface area contributed by atoms with Gasteiger partial charge in [0, 0.05) is 10.5 Å². The summed E-state index contributed by atoms with van der Waals surface area (Å²) in [5.74, 6) is -3.12. The Bertz CT molecular complexity index is 748. The number of hydrogen-bond donors (Lipinski definition) is 2. The first-order chi connectivity index (χ1) is 11.4. The van der Waals surface area contributed by atoms with Crippen molar-refractivity contribution in [1.82, 2.24) is 10.2 Å². The van der Waals surface area contributed by atoms with Crippen LogP contribution >= 0.6 is 15.9 Å². The van der Waals surface area contributed by atoms with Gasteiger partial charge in [0.25, 0.3) is 11.8 Å². The number of rotatable bonds is 4. The molecule has 3 amide bonds. The summed E-state index contributed by atoms with van der Waals surface area (Å²) in [5, 5.41) is 11.8. The second-order valence-electron chi connectivity index (χ2n) is 5.94. The smallest absolute Gasteiger partial charge is 0.308 e. The van der Waals surface area contributed by atoms with Gasteiger partial charge in [-0.25, -0.2) is 0 Å². The standard InChI is InChI=1S/C16H15BrN2O5/c17-8-4-5-9-11(6-8)15(22)19(14(9)21)7-13(20)18-12-3-1-2-10(12)16(23)24/h4-6,10,12H,1-3,7H2,(H,18,20)(H,23,24)/t10-,12+/m1/s1. The average molecular weight is 395 g/mol. The zero-order valence-corrected chi connectivity index (χ0v) is 14.2. The molecular weight excluding hydrogens is 380 g/mol. The van der Waals surface area contributed by atoms with Crippen LogP contribution in [0.5, 0.6) is 0 Å². The molecule has 2 N–H and O–H groups in total. The summed E-state index contributed by atoms with van der Waals surface area (Å²) in [7, 11) is 0. The highest BCUT2D eigenvalue weighted by atomic mass is 79.9. The maximum absolute atomic E-state index is 12.3. The van der Waals surface area contributed by atoms with E-state index in [1.165, 1.54) is 6.07 Å². The maximum atomic E-state index is 12.3. The van der Waals surface area contributed by atoms with Gasteiger partial charge in [-0.3, -0.25) is 24.1 Å². The molecule has 1 aromatic rings. The van der Waals surface area contributed by atoms with E-state index in [2.05, 4.69) is 21.2 Å². The van der Waals surface area contributed by atoms with Crippen molar-refractivity contribution in [3.8, 4) is 0 Å². The molecule has 24 heavy (non-hydrogen) atoms. The summed E-state index contributed by atoms with van der Waals surface area (Å²) in [4.78, 5) is 48.8. The van der Waals surface area contributed by atoms with Gasteiger partial charge in [0.05, 0.1) is 17.0 Å². The van der Waals surface area contributed by atoms with E-state index in [9.17, 15) is 19.2 Å². The van der Waals surface area contributed by atoms with Crippen LogP contribution < -0.4 is 5.32 Å². The van der Waals surface area contributed by atoms with Crippen molar-refractivity contribution in [3.05, 3.63) is 33.8 Å². The number of nitrogens with zero attached hydrogens (tertiary/aromatic N) is 1. The van der Waals surface area contributed by atoms with Gasteiger partial charge in [-0.15, -0.1) is 0 Å². The lowest BCUT2D eigenvalue weighted by Crippen LogP contribution is -2.46. The Balaban J connectivity index is 1.68. The molecule has 0 saturated heterocycles. The van der Waals surface area contributed by atoms with Crippen LogP contribution in [-0.4, -0.2) is 46.3 Å². The first kappa shape index (κ1) is 16.6. The summed E-state index contributed by atoms with van der Waals surface area (Å²) in [5.41, 5.74) is 0.520. The lowest BCUT2D eigenvalue weighted by atomic mass is 10.0. The highest BCUT2D eigenvalue weighted by Gasteiger charge is 2.38. The van der Waals surface area contributed by atoms with Gasteiger partial charge >= 0.3 is 5.97 Å². The first-order valence-electron chi connectivity index (χ1n) is 7.56. The quantitative estimate of drug-likeness (QED) is 0.751. The number of nitrogens with one attached hydrogen (secondary N) is 1. The Morgan fingerprint density at radius 3 is 2.62 bits per heavy atom. The molecule has 0 unspecified atom stereocenters. The number of carboxylic acids is 1. The molecule has 2 atom stereocenters. The van der Waals surface area contributed by atoms with E-state index in [4.69, 9.17) is 5.11 Å². The zero-order chi connectivity index (χ0) is 17.4. The molecule has 0 aromatic heterocycles. The Morgan fingerprint density at radius 1 is 1.21 bits per heavy atom. The largest absolute Gasteiger partial charge is 0.481 e. The first-order valence-corrected chi connectivity index (χ1v) is 8.35. The molecule has 126 valence electrons. The van der Waals surface area contributed by atoms with Gasteiger partial charge in [-0.05, 0) is 31.0 Å². The molecule has 7 nitrogen and oxygen atoms in total. The van der Waals surface area contributed by atoms with Crippen molar-refractivity contribution >= 4 is 39.6 Å². The molecule has 3 rings (SSSR count). The number of amides is 3. The molecule has 0 radical (unpaired) electrons. The highest BCUT2D eigenvalue weighted by molar-refractivity contribution is 9.10. The van der Waals surface area contributed by atoms with Gasteiger partial charge < -0.3 is 10.4 Å². The average Bonchev–Trinajstić information content (AvgIpc) is 3.07. The number of hydrogen-bond acceptors (Lipinski definition) is 4. The third kappa shape index (κ3) is 2.93. The number of halogens is 1. The summed E-state index contributed by atoms with van der Waals surface area (Å²) in [6.07, 6.45) is 1.82. The molecular formula is C16H15BrN2O5. The van der Waals surface area contributed by atoms with Crippen molar-refractivity contribution < 1.29 is 24.3 Å². The molecule has 1 fully saturated rings. The van der Waals surface area contributed by atoms with E-state index in [1.54, 1.807) is 12.1 Å². The fraction of sp³-hybridized carbons (Fsp3) is 0.375. The van der Waals surface area contributed by atoms with Crippen molar-refractivity contribution in [1.29, 1.82) is 0 Å². The van der Waals surface area contributed by atoms with E-state index < -0.39 is 42.2 Å². The normalized spacial score (nSPS) is 22.6. The van der Waals surface area contributed by atoms with Crippen LogP contribution in [0.4, 0.5) is 0 Å². The zero-order valence-electron chi connectivity index (χ0n) is 12.6. The van der Waals surface area contributed by atoms with Crippen molar-refractivity contribution in [2.24, 2.45) is 5.92 Å². The number of benzene rings is 1. The fourth-order valence-electron chi connectivity index (χ4n) is 3.23. The van der Waals surface area contributed by atoms with Crippen molar-refractivity contribution in [2.75, 3.05) is 6.54 Å². The lowest BCUT2D eigenvalue weighted by Gasteiger charge is -2.19. The Morgan fingerprint density at radius 2 is 1.92 bits per heavy atom. The van der Waals surface area contributed by atoms with E-state index in [0.717, 1.165) is 11.3 Å². The fourth-order valence-corrected chi connectivity index (χ4v) is 3.59. The molecule has 8 heteroatoms. The summed E-state index contributed by atoms with van der Waals surface area (Å²) < 4.78 is 0.670. The Hall–Kier alpha value is -2.22. The SMILES string of the molecule is O=C(CN1C(=O)c2ccc(Br)cc2C1=O)N[C@H]1CCC[C@H]1C(=O)O. The number of carbonyl (C=O) groups excluding carboxylic acids is 3. The second kappa shape index (κ2) is 6.35. The van der Waals surface area contributed by atoms with Gasteiger partial charge in [0.2, 0.25) is 5.91 Å². The predicted octanol–water partition coefficient (Wildman–Crippen LogP) is 1.41. The minimum atomic E-state index is -0.941. The van der Waals surface area contributed by atoms with Gasteiger partial charge in [0.15, 0.2) is 0 Å². The number of carboxylic acid groups (broad SMARTS) is 1. The molecule has 1 heterocycles. The minimum absolute atomic E-state index is 0.256. The molecule has 1 aromatic carbocycles. The topological polar surface area (TPSA) is 104 Å². The predicted molar refractivity (Wildman–Crippen MR) is 86.4 cm³/mol. The molecule has 0 spiro atoms. The monoisotopic (exact) mass is 394 g/mol. The van der Waals surface area contributed by atoms with E-state index in [-0.39, 0.29) is 11.1 Å². The lowest BCUT2D eigenvalue weighted by molar-refractivity contribution is -0.142. The molecule has 0 bridgehead atoms. The van der Waals surface area contributed by atoms with E-state index in [0.29, 0.717) is 17.3 Å².